The summed E-state index contributed by atoms with van der Waals surface area (Å²) in [6, 6.07) is 5.89. The van der Waals surface area contributed by atoms with Gasteiger partial charge < -0.3 is 15.8 Å². The van der Waals surface area contributed by atoms with Crippen molar-refractivity contribution in [3.05, 3.63) is 44.9 Å². The minimum Gasteiger partial charge on any atom is -0.386 e. The van der Waals surface area contributed by atoms with Gasteiger partial charge in [0.1, 0.15) is 0 Å². The molecule has 5 heteroatoms. The zero-order valence-electron chi connectivity index (χ0n) is 14.2. The normalized spacial score (nSPS) is 12.2. The van der Waals surface area contributed by atoms with Crippen LogP contribution in [0.2, 0.25) is 0 Å². The fraction of sp³-hybridized carbons (Fsp3) is 0.316. The van der Waals surface area contributed by atoms with E-state index in [2.05, 4.69) is 20.9 Å². The smallest absolute Gasteiger partial charge is 0.251 e. The Morgan fingerprint density at radius 1 is 1.29 bits per heavy atom. The Morgan fingerprint density at radius 3 is 2.50 bits per heavy atom. The molecule has 0 aliphatic heterocycles. The summed E-state index contributed by atoms with van der Waals surface area (Å²) in [5, 5.41) is 12.3. The van der Waals surface area contributed by atoms with Crippen LogP contribution in [0.4, 0.5) is 0 Å². The molecule has 3 aromatic rings. The summed E-state index contributed by atoms with van der Waals surface area (Å²) in [6.45, 7) is 7.53. The average molecular weight is 389 g/mol. The Hall–Kier alpha value is -1.85. The molecule has 2 aromatic carbocycles. The number of aromatic nitrogens is 1. The molecule has 0 atom stereocenters. The first kappa shape index (κ1) is 17.0. The van der Waals surface area contributed by atoms with Crippen LogP contribution in [0.3, 0.4) is 0 Å². The number of benzene rings is 2. The Balaban J connectivity index is 2.52. The number of rotatable bonds is 3. The molecule has 1 heterocycles. The largest absolute Gasteiger partial charge is 0.386 e. The van der Waals surface area contributed by atoms with E-state index in [0.717, 1.165) is 49.4 Å². The number of carbonyl (C=O) groups excluding carboxylic acids is 1. The first-order valence-electron chi connectivity index (χ1n) is 7.95. The second-order valence-corrected chi connectivity index (χ2v) is 7.61. The third-order valence-corrected chi connectivity index (χ3v) is 5.17. The van der Waals surface area contributed by atoms with E-state index in [1.54, 1.807) is 13.8 Å². The van der Waals surface area contributed by atoms with E-state index in [9.17, 15) is 9.90 Å². The Morgan fingerprint density at radius 2 is 1.96 bits per heavy atom. The monoisotopic (exact) mass is 388 g/mol. The standard InChI is InChI=1S/C19H21BrN2O2/c1-5-10-7-12(20)16-14-9(2)6-11(19(3,4)24)8-13(14)22-17(16)15(10)18(21)23/h6-8,22,24H,5H2,1-4H3,(H2,21,23). The van der Waals surface area contributed by atoms with Crippen molar-refractivity contribution in [1.29, 1.82) is 0 Å². The van der Waals surface area contributed by atoms with Gasteiger partial charge in [-0.05, 0) is 56.0 Å². The van der Waals surface area contributed by atoms with Gasteiger partial charge in [-0.3, -0.25) is 4.79 Å². The van der Waals surface area contributed by atoms with Crippen LogP contribution in [0.15, 0.2) is 22.7 Å². The molecule has 4 N–H and O–H groups in total. The number of hydrogen-bond donors (Lipinski definition) is 3. The molecule has 0 aliphatic rings. The summed E-state index contributed by atoms with van der Waals surface area (Å²) in [7, 11) is 0. The quantitative estimate of drug-likeness (QED) is 0.625. The molecule has 0 aliphatic carbocycles. The first-order chi connectivity index (χ1) is 11.1. The number of H-pyrrole nitrogens is 1. The van der Waals surface area contributed by atoms with Gasteiger partial charge in [0.25, 0.3) is 5.91 Å². The molecule has 1 aromatic heterocycles. The zero-order chi connectivity index (χ0) is 17.8. The van der Waals surface area contributed by atoms with Crippen LogP contribution in [-0.2, 0) is 12.0 Å². The summed E-state index contributed by atoms with van der Waals surface area (Å²) >= 11 is 3.64. The van der Waals surface area contributed by atoms with Gasteiger partial charge in [0, 0.05) is 20.8 Å². The van der Waals surface area contributed by atoms with E-state index in [4.69, 9.17) is 5.73 Å². The Labute approximate surface area is 149 Å². The van der Waals surface area contributed by atoms with Crippen LogP contribution < -0.4 is 5.73 Å². The lowest BCUT2D eigenvalue weighted by Gasteiger charge is -2.18. The molecule has 0 fully saturated rings. The van der Waals surface area contributed by atoms with E-state index < -0.39 is 11.5 Å². The maximum atomic E-state index is 12.0. The number of primary amides is 1. The van der Waals surface area contributed by atoms with Crippen molar-refractivity contribution in [2.24, 2.45) is 5.73 Å². The Kier molecular flexibility index (Phi) is 3.97. The highest BCUT2D eigenvalue weighted by molar-refractivity contribution is 9.10. The number of amides is 1. The average Bonchev–Trinajstić information content (AvgIpc) is 2.85. The summed E-state index contributed by atoms with van der Waals surface area (Å²) in [6.07, 6.45) is 0.718. The SMILES string of the molecule is CCc1cc(Br)c2c([nH]c3cc(C(C)(C)O)cc(C)c32)c1C(N)=O. The van der Waals surface area contributed by atoms with Gasteiger partial charge in [0.05, 0.1) is 16.7 Å². The molecule has 0 spiro atoms. The first-order valence-corrected chi connectivity index (χ1v) is 8.74. The minimum atomic E-state index is -0.936. The third kappa shape index (κ3) is 2.52. The number of nitrogens with one attached hydrogen (secondary N) is 1. The van der Waals surface area contributed by atoms with Crippen LogP contribution in [0, 0.1) is 6.92 Å². The molecule has 1 amide bonds. The number of aromatic amines is 1. The predicted octanol–water partition coefficient (Wildman–Crippen LogP) is 4.28. The summed E-state index contributed by atoms with van der Waals surface area (Å²) in [4.78, 5) is 15.4. The highest BCUT2D eigenvalue weighted by Crippen LogP contribution is 2.38. The zero-order valence-corrected chi connectivity index (χ0v) is 15.8. The lowest BCUT2D eigenvalue weighted by molar-refractivity contribution is 0.0786. The molecule has 0 saturated carbocycles. The predicted molar refractivity (Wildman–Crippen MR) is 101 cm³/mol. The van der Waals surface area contributed by atoms with Crippen LogP contribution in [0.1, 0.15) is 47.8 Å². The molecule has 4 nitrogen and oxygen atoms in total. The van der Waals surface area contributed by atoms with E-state index >= 15 is 0 Å². The molecule has 0 radical (unpaired) electrons. The molecule has 126 valence electrons. The molecular weight excluding hydrogens is 368 g/mol. The van der Waals surface area contributed by atoms with Gasteiger partial charge in [-0.1, -0.05) is 28.9 Å². The maximum Gasteiger partial charge on any atom is 0.251 e. The lowest BCUT2D eigenvalue weighted by Crippen LogP contribution is -2.15. The van der Waals surface area contributed by atoms with Gasteiger partial charge in [0.2, 0.25) is 0 Å². The maximum absolute atomic E-state index is 12.0. The van der Waals surface area contributed by atoms with Crippen molar-refractivity contribution in [2.75, 3.05) is 0 Å². The minimum absolute atomic E-state index is 0.434. The number of fused-ring (bicyclic) bond motifs is 3. The van der Waals surface area contributed by atoms with Crippen LogP contribution in [-0.4, -0.2) is 16.0 Å². The third-order valence-electron chi connectivity index (χ3n) is 4.54. The number of carbonyl (C=O) groups is 1. The second kappa shape index (κ2) is 5.60. The fourth-order valence-electron chi connectivity index (χ4n) is 3.34. The van der Waals surface area contributed by atoms with E-state index in [1.807, 2.05) is 32.0 Å². The highest BCUT2D eigenvalue weighted by atomic mass is 79.9. The summed E-state index contributed by atoms with van der Waals surface area (Å²) in [5.74, 6) is -0.434. The summed E-state index contributed by atoms with van der Waals surface area (Å²) in [5.41, 5.74) is 9.67. The number of aliphatic hydroxyl groups is 1. The molecule has 0 unspecified atom stereocenters. The van der Waals surface area contributed by atoms with Gasteiger partial charge in [-0.2, -0.15) is 0 Å². The van der Waals surface area contributed by atoms with Gasteiger partial charge >= 0.3 is 0 Å². The molecule has 0 saturated heterocycles. The van der Waals surface area contributed by atoms with Crippen molar-refractivity contribution in [1.82, 2.24) is 4.98 Å². The number of hydrogen-bond acceptors (Lipinski definition) is 2. The Bertz CT molecular complexity index is 981. The lowest BCUT2D eigenvalue weighted by atomic mass is 9.93. The topological polar surface area (TPSA) is 79.1 Å². The van der Waals surface area contributed by atoms with Crippen LogP contribution >= 0.6 is 15.9 Å². The molecule has 3 rings (SSSR count). The highest BCUT2D eigenvalue weighted by Gasteiger charge is 2.22. The van der Waals surface area contributed by atoms with E-state index in [-0.39, 0.29) is 0 Å². The molecular formula is C19H21BrN2O2. The van der Waals surface area contributed by atoms with E-state index in [1.165, 1.54) is 0 Å². The number of nitrogens with two attached hydrogens (primary N) is 1. The second-order valence-electron chi connectivity index (χ2n) is 6.76. The van der Waals surface area contributed by atoms with Crippen LogP contribution in [0.25, 0.3) is 21.8 Å². The van der Waals surface area contributed by atoms with Gasteiger partial charge in [-0.15, -0.1) is 0 Å². The number of aryl methyl sites for hydroxylation is 2. The van der Waals surface area contributed by atoms with Gasteiger partial charge in [-0.25, -0.2) is 0 Å². The van der Waals surface area contributed by atoms with Crippen molar-refractivity contribution in [3.8, 4) is 0 Å². The van der Waals surface area contributed by atoms with Crippen LogP contribution in [0.5, 0.6) is 0 Å². The number of halogens is 1. The summed E-state index contributed by atoms with van der Waals surface area (Å²) < 4.78 is 0.935. The molecule has 0 bridgehead atoms. The fourth-order valence-corrected chi connectivity index (χ4v) is 4.01. The van der Waals surface area contributed by atoms with Crippen molar-refractivity contribution < 1.29 is 9.90 Å². The van der Waals surface area contributed by atoms with Crippen molar-refractivity contribution in [3.63, 3.8) is 0 Å². The van der Waals surface area contributed by atoms with E-state index in [0.29, 0.717) is 5.56 Å². The van der Waals surface area contributed by atoms with Crippen molar-refractivity contribution in [2.45, 2.75) is 39.7 Å². The van der Waals surface area contributed by atoms with Crippen molar-refractivity contribution >= 4 is 43.6 Å². The molecule has 24 heavy (non-hydrogen) atoms. The van der Waals surface area contributed by atoms with Gasteiger partial charge in [0.15, 0.2) is 0 Å².